The summed E-state index contributed by atoms with van der Waals surface area (Å²) in [5.41, 5.74) is 2.62. The summed E-state index contributed by atoms with van der Waals surface area (Å²) in [6.45, 7) is 0. The first-order chi connectivity index (χ1) is 11.3. The van der Waals surface area contributed by atoms with E-state index in [1.165, 1.54) is 22.9 Å². The largest absolute Gasteiger partial charge is 0.349 e. The molecule has 1 atom stereocenters. The van der Waals surface area contributed by atoms with Crippen LogP contribution in [-0.4, -0.2) is 31.9 Å². The highest BCUT2D eigenvalue weighted by atomic mass is 32.2. The fourth-order valence-corrected chi connectivity index (χ4v) is 3.85. The number of carbonyl (C=O) groups excluding carboxylic acids is 1. The summed E-state index contributed by atoms with van der Waals surface area (Å²) in [5, 5.41) is 15.6. The molecule has 4 rings (SSSR count). The number of tetrazole rings is 1. The Morgan fingerprint density at radius 2 is 2.17 bits per heavy atom. The SMILES string of the molecule is O=C(CSc1nnnn1C1CC1)N[C@H]1CCCc2ccccc21. The van der Waals surface area contributed by atoms with Gasteiger partial charge in [0.25, 0.3) is 0 Å². The Morgan fingerprint density at radius 3 is 3.04 bits per heavy atom. The van der Waals surface area contributed by atoms with Gasteiger partial charge in [0.15, 0.2) is 0 Å². The lowest BCUT2D eigenvalue weighted by Gasteiger charge is -2.26. The molecule has 2 aromatic rings. The molecule has 23 heavy (non-hydrogen) atoms. The third kappa shape index (κ3) is 3.24. The minimum absolute atomic E-state index is 0.0436. The maximum absolute atomic E-state index is 12.3. The molecule has 2 aliphatic carbocycles. The van der Waals surface area contributed by atoms with Crippen molar-refractivity contribution < 1.29 is 4.79 Å². The molecule has 0 saturated heterocycles. The van der Waals surface area contributed by atoms with Gasteiger partial charge in [-0.2, -0.15) is 0 Å². The number of aromatic nitrogens is 4. The van der Waals surface area contributed by atoms with Gasteiger partial charge in [-0.05, 0) is 53.7 Å². The lowest BCUT2D eigenvalue weighted by molar-refractivity contribution is -0.119. The maximum Gasteiger partial charge on any atom is 0.230 e. The molecule has 0 aliphatic heterocycles. The summed E-state index contributed by atoms with van der Waals surface area (Å²) in [4.78, 5) is 12.3. The van der Waals surface area contributed by atoms with Gasteiger partial charge in [-0.15, -0.1) is 5.10 Å². The molecular formula is C16H19N5OS. The number of carbonyl (C=O) groups is 1. The van der Waals surface area contributed by atoms with E-state index < -0.39 is 0 Å². The van der Waals surface area contributed by atoms with Gasteiger partial charge in [0.1, 0.15) is 0 Å². The van der Waals surface area contributed by atoms with Crippen LogP contribution in [0.4, 0.5) is 0 Å². The summed E-state index contributed by atoms with van der Waals surface area (Å²) in [6, 6.07) is 8.96. The third-order valence-corrected chi connectivity index (χ3v) is 5.33. The normalized spacial score (nSPS) is 20.1. The lowest BCUT2D eigenvalue weighted by atomic mass is 9.88. The molecule has 120 valence electrons. The van der Waals surface area contributed by atoms with Crippen molar-refractivity contribution in [3.8, 4) is 0 Å². The highest BCUT2D eigenvalue weighted by Crippen LogP contribution is 2.36. The van der Waals surface area contributed by atoms with Crippen LogP contribution >= 0.6 is 11.8 Å². The van der Waals surface area contributed by atoms with Crippen LogP contribution in [0.5, 0.6) is 0 Å². The highest BCUT2D eigenvalue weighted by Gasteiger charge is 2.28. The number of benzene rings is 1. The van der Waals surface area contributed by atoms with Gasteiger partial charge in [0, 0.05) is 0 Å². The smallest absolute Gasteiger partial charge is 0.230 e. The highest BCUT2D eigenvalue weighted by molar-refractivity contribution is 7.99. The monoisotopic (exact) mass is 329 g/mol. The van der Waals surface area contributed by atoms with Crippen LogP contribution < -0.4 is 5.32 Å². The standard InChI is InChI=1S/C16H19N5OS/c22-15(10-23-16-18-19-20-21(16)12-8-9-12)17-14-7-3-5-11-4-1-2-6-13(11)14/h1-2,4,6,12,14H,3,5,7-10H2,(H,17,22)/t14-/m0/s1. The Morgan fingerprint density at radius 1 is 1.30 bits per heavy atom. The van der Waals surface area contributed by atoms with Crippen molar-refractivity contribution in [2.75, 3.05) is 5.75 Å². The Bertz CT molecular complexity index is 712. The average Bonchev–Trinajstić information content (AvgIpc) is 3.31. The topological polar surface area (TPSA) is 72.7 Å². The van der Waals surface area contributed by atoms with Crippen molar-refractivity contribution in [3.63, 3.8) is 0 Å². The zero-order valence-electron chi connectivity index (χ0n) is 12.8. The molecule has 2 aliphatic rings. The molecule has 1 heterocycles. The quantitative estimate of drug-likeness (QED) is 0.852. The molecular weight excluding hydrogens is 310 g/mol. The van der Waals surface area contributed by atoms with Crippen molar-refractivity contribution >= 4 is 17.7 Å². The van der Waals surface area contributed by atoms with Gasteiger partial charge in [0.05, 0.1) is 17.8 Å². The molecule has 0 radical (unpaired) electrons. The minimum atomic E-state index is 0.0436. The molecule has 6 nitrogen and oxygen atoms in total. The van der Waals surface area contributed by atoms with Crippen LogP contribution in [0.3, 0.4) is 0 Å². The number of nitrogens with zero attached hydrogens (tertiary/aromatic N) is 4. The second-order valence-corrected chi connectivity index (χ2v) is 7.08. The van der Waals surface area contributed by atoms with Crippen LogP contribution in [0.15, 0.2) is 29.4 Å². The van der Waals surface area contributed by atoms with Gasteiger partial charge >= 0.3 is 0 Å². The minimum Gasteiger partial charge on any atom is -0.349 e. The van der Waals surface area contributed by atoms with E-state index in [1.807, 2.05) is 10.7 Å². The molecule has 0 bridgehead atoms. The summed E-state index contributed by atoms with van der Waals surface area (Å²) < 4.78 is 1.84. The van der Waals surface area contributed by atoms with Crippen molar-refractivity contribution in [1.82, 2.24) is 25.5 Å². The average molecular weight is 329 g/mol. The van der Waals surface area contributed by atoms with Crippen LogP contribution in [0, 0.1) is 0 Å². The predicted molar refractivity (Wildman–Crippen MR) is 87.1 cm³/mol. The Kier molecular flexibility index (Phi) is 4.03. The van der Waals surface area contributed by atoms with E-state index in [0.29, 0.717) is 11.8 Å². The second-order valence-electron chi connectivity index (χ2n) is 6.14. The summed E-state index contributed by atoms with van der Waals surface area (Å²) >= 11 is 1.41. The number of amides is 1. The van der Waals surface area contributed by atoms with Gasteiger partial charge in [-0.1, -0.05) is 36.0 Å². The first-order valence-electron chi connectivity index (χ1n) is 8.09. The van der Waals surface area contributed by atoms with E-state index in [0.717, 1.165) is 37.3 Å². The van der Waals surface area contributed by atoms with Gasteiger partial charge < -0.3 is 5.32 Å². The number of fused-ring (bicyclic) bond motifs is 1. The molecule has 1 fully saturated rings. The molecule has 1 amide bonds. The first kappa shape index (κ1) is 14.7. The van der Waals surface area contributed by atoms with Crippen LogP contribution in [-0.2, 0) is 11.2 Å². The van der Waals surface area contributed by atoms with Crippen molar-refractivity contribution in [2.24, 2.45) is 0 Å². The fourth-order valence-electron chi connectivity index (χ4n) is 3.10. The second kappa shape index (κ2) is 6.31. The Balaban J connectivity index is 1.36. The van der Waals surface area contributed by atoms with E-state index in [-0.39, 0.29) is 11.9 Å². The molecule has 1 aromatic heterocycles. The van der Waals surface area contributed by atoms with E-state index in [1.54, 1.807) is 0 Å². The van der Waals surface area contributed by atoms with E-state index in [2.05, 4.69) is 39.0 Å². The summed E-state index contributed by atoms with van der Waals surface area (Å²) in [6.07, 6.45) is 5.49. The van der Waals surface area contributed by atoms with E-state index >= 15 is 0 Å². The van der Waals surface area contributed by atoms with Gasteiger partial charge in [0.2, 0.25) is 11.1 Å². The van der Waals surface area contributed by atoms with Crippen LogP contribution in [0.25, 0.3) is 0 Å². The number of hydrogen-bond acceptors (Lipinski definition) is 5. The molecule has 1 aromatic carbocycles. The van der Waals surface area contributed by atoms with Crippen molar-refractivity contribution in [3.05, 3.63) is 35.4 Å². The molecule has 0 unspecified atom stereocenters. The Labute approximate surface area is 139 Å². The maximum atomic E-state index is 12.3. The van der Waals surface area contributed by atoms with Crippen LogP contribution in [0.1, 0.15) is 48.9 Å². The van der Waals surface area contributed by atoms with Crippen LogP contribution in [0.2, 0.25) is 0 Å². The number of nitrogens with one attached hydrogen (secondary N) is 1. The number of rotatable bonds is 5. The zero-order valence-corrected chi connectivity index (χ0v) is 13.6. The van der Waals surface area contributed by atoms with E-state index in [9.17, 15) is 4.79 Å². The van der Waals surface area contributed by atoms with Crippen molar-refractivity contribution in [2.45, 2.75) is 49.3 Å². The zero-order chi connectivity index (χ0) is 15.6. The molecule has 7 heteroatoms. The summed E-state index contributed by atoms with van der Waals surface area (Å²) in [5.74, 6) is 0.397. The van der Waals surface area contributed by atoms with Crippen molar-refractivity contribution in [1.29, 1.82) is 0 Å². The Hall–Kier alpha value is -1.89. The first-order valence-corrected chi connectivity index (χ1v) is 9.07. The number of thioether (sulfide) groups is 1. The van der Waals surface area contributed by atoms with E-state index in [4.69, 9.17) is 0 Å². The lowest BCUT2D eigenvalue weighted by Crippen LogP contribution is -2.32. The fraction of sp³-hybridized carbons (Fsp3) is 0.500. The van der Waals surface area contributed by atoms with Gasteiger partial charge in [-0.3, -0.25) is 4.79 Å². The number of aryl methyl sites for hydroxylation is 1. The molecule has 1 saturated carbocycles. The number of hydrogen-bond donors (Lipinski definition) is 1. The molecule has 1 N–H and O–H groups in total. The third-order valence-electron chi connectivity index (χ3n) is 4.39. The predicted octanol–water partition coefficient (Wildman–Crippen LogP) is 2.29. The van der Waals surface area contributed by atoms with Gasteiger partial charge in [-0.25, -0.2) is 4.68 Å². The molecule has 0 spiro atoms. The summed E-state index contributed by atoms with van der Waals surface area (Å²) in [7, 11) is 0.